The van der Waals surface area contributed by atoms with E-state index in [9.17, 15) is 4.79 Å². The van der Waals surface area contributed by atoms with Crippen molar-refractivity contribution in [1.82, 2.24) is 9.55 Å². The summed E-state index contributed by atoms with van der Waals surface area (Å²) in [6, 6.07) is 3.24. The molecule has 2 heterocycles. The molecule has 0 aliphatic rings. The van der Waals surface area contributed by atoms with Gasteiger partial charge in [0.05, 0.1) is 6.54 Å². The zero-order chi connectivity index (χ0) is 10.8. The SMILES string of the molecule is O=c1ccc(Br)cn1Cc1cnc(Cl)s1. The predicted molar refractivity (Wildman–Crippen MR) is 64.6 cm³/mol. The zero-order valence-electron chi connectivity index (χ0n) is 7.48. The monoisotopic (exact) mass is 304 g/mol. The van der Waals surface area contributed by atoms with E-state index in [0.717, 1.165) is 9.35 Å². The van der Waals surface area contributed by atoms with E-state index in [4.69, 9.17) is 11.6 Å². The highest BCUT2D eigenvalue weighted by Gasteiger charge is 2.02. The molecule has 0 aliphatic heterocycles. The van der Waals surface area contributed by atoms with Crippen LogP contribution in [0.4, 0.5) is 0 Å². The van der Waals surface area contributed by atoms with E-state index < -0.39 is 0 Å². The van der Waals surface area contributed by atoms with Crippen molar-refractivity contribution in [2.24, 2.45) is 0 Å². The Morgan fingerprint density at radius 3 is 3.00 bits per heavy atom. The van der Waals surface area contributed by atoms with Gasteiger partial charge >= 0.3 is 0 Å². The van der Waals surface area contributed by atoms with Gasteiger partial charge in [-0.15, -0.1) is 11.3 Å². The highest BCUT2D eigenvalue weighted by atomic mass is 79.9. The van der Waals surface area contributed by atoms with E-state index in [1.807, 2.05) is 0 Å². The third-order valence-corrected chi connectivity index (χ3v) is 3.37. The van der Waals surface area contributed by atoms with Gasteiger partial charge in [0, 0.05) is 27.8 Å². The Morgan fingerprint density at radius 1 is 1.53 bits per heavy atom. The topological polar surface area (TPSA) is 34.9 Å². The van der Waals surface area contributed by atoms with E-state index in [-0.39, 0.29) is 5.56 Å². The van der Waals surface area contributed by atoms with Crippen LogP contribution in [-0.4, -0.2) is 9.55 Å². The van der Waals surface area contributed by atoms with E-state index in [1.54, 1.807) is 23.0 Å². The number of aromatic nitrogens is 2. The first-order chi connectivity index (χ1) is 7.15. The molecule has 0 N–H and O–H groups in total. The second-order valence-electron chi connectivity index (χ2n) is 2.89. The molecule has 0 atom stereocenters. The fourth-order valence-corrected chi connectivity index (χ4v) is 2.51. The van der Waals surface area contributed by atoms with Crippen molar-refractivity contribution in [2.45, 2.75) is 6.54 Å². The van der Waals surface area contributed by atoms with Crippen LogP contribution in [0.15, 0.2) is 33.8 Å². The smallest absolute Gasteiger partial charge is 0.250 e. The third kappa shape index (κ3) is 2.68. The summed E-state index contributed by atoms with van der Waals surface area (Å²) in [7, 11) is 0. The predicted octanol–water partition coefficient (Wildman–Crippen LogP) is 2.77. The molecule has 0 saturated carbocycles. The molecule has 0 saturated heterocycles. The minimum absolute atomic E-state index is 0.0391. The highest BCUT2D eigenvalue weighted by Crippen LogP contribution is 2.18. The van der Waals surface area contributed by atoms with Crippen LogP contribution in [0.2, 0.25) is 4.47 Å². The van der Waals surface area contributed by atoms with Crippen molar-refractivity contribution in [3.05, 3.63) is 48.7 Å². The summed E-state index contributed by atoms with van der Waals surface area (Å²) >= 11 is 10.4. The lowest BCUT2D eigenvalue weighted by Crippen LogP contribution is -2.18. The molecule has 2 aromatic rings. The first kappa shape index (κ1) is 10.9. The first-order valence-electron chi connectivity index (χ1n) is 4.11. The minimum Gasteiger partial charge on any atom is -0.309 e. The number of nitrogens with zero attached hydrogens (tertiary/aromatic N) is 2. The molecule has 0 amide bonds. The molecule has 0 aliphatic carbocycles. The fraction of sp³-hybridized carbons (Fsp3) is 0.111. The maximum absolute atomic E-state index is 11.5. The molecule has 0 bridgehead atoms. The number of halogens is 2. The average molecular weight is 306 g/mol. The molecule has 0 fully saturated rings. The van der Waals surface area contributed by atoms with Gasteiger partial charge < -0.3 is 4.57 Å². The number of thiazole rings is 1. The van der Waals surface area contributed by atoms with Gasteiger partial charge in [-0.3, -0.25) is 4.79 Å². The van der Waals surface area contributed by atoms with Crippen molar-refractivity contribution in [2.75, 3.05) is 0 Å². The molecule has 0 unspecified atom stereocenters. The number of pyridine rings is 1. The largest absolute Gasteiger partial charge is 0.309 e. The van der Waals surface area contributed by atoms with Gasteiger partial charge in [-0.2, -0.15) is 0 Å². The van der Waals surface area contributed by atoms with Gasteiger partial charge in [0.25, 0.3) is 5.56 Å². The lowest BCUT2D eigenvalue weighted by Gasteiger charge is -2.02. The van der Waals surface area contributed by atoms with Gasteiger partial charge in [0.15, 0.2) is 4.47 Å². The standard InChI is InChI=1S/C9H6BrClN2OS/c10-6-1-2-8(14)13(4-6)5-7-3-12-9(11)15-7/h1-4H,5H2. The Labute approximate surface area is 103 Å². The first-order valence-corrected chi connectivity index (χ1v) is 6.10. The molecule has 2 aromatic heterocycles. The quantitative estimate of drug-likeness (QED) is 0.855. The van der Waals surface area contributed by atoms with Crippen LogP contribution >= 0.6 is 38.9 Å². The Kier molecular flexibility index (Phi) is 3.23. The van der Waals surface area contributed by atoms with Gasteiger partial charge in [-0.1, -0.05) is 11.6 Å². The van der Waals surface area contributed by atoms with Crippen LogP contribution in [0.5, 0.6) is 0 Å². The van der Waals surface area contributed by atoms with Crippen molar-refractivity contribution >= 4 is 38.9 Å². The second kappa shape index (κ2) is 4.47. The van der Waals surface area contributed by atoms with E-state index in [1.165, 1.54) is 17.4 Å². The Morgan fingerprint density at radius 2 is 2.33 bits per heavy atom. The van der Waals surface area contributed by atoms with Crippen LogP contribution in [-0.2, 0) is 6.54 Å². The molecule has 15 heavy (non-hydrogen) atoms. The van der Waals surface area contributed by atoms with Gasteiger partial charge in [-0.05, 0) is 22.0 Å². The highest BCUT2D eigenvalue weighted by molar-refractivity contribution is 9.10. The molecule has 0 spiro atoms. The van der Waals surface area contributed by atoms with Gasteiger partial charge in [-0.25, -0.2) is 4.98 Å². The van der Waals surface area contributed by atoms with Crippen molar-refractivity contribution in [1.29, 1.82) is 0 Å². The molecule has 6 heteroatoms. The van der Waals surface area contributed by atoms with Crippen LogP contribution in [0.25, 0.3) is 0 Å². The summed E-state index contributed by atoms with van der Waals surface area (Å²) < 4.78 is 2.97. The lowest BCUT2D eigenvalue weighted by atomic mass is 10.4. The maximum Gasteiger partial charge on any atom is 0.250 e. The molecule has 78 valence electrons. The molecule has 0 aromatic carbocycles. The van der Waals surface area contributed by atoms with Crippen LogP contribution in [0, 0.1) is 0 Å². The number of hydrogen-bond donors (Lipinski definition) is 0. The van der Waals surface area contributed by atoms with Crippen LogP contribution in [0.3, 0.4) is 0 Å². The Hall–Kier alpha value is -0.650. The van der Waals surface area contributed by atoms with Crippen molar-refractivity contribution in [3.8, 4) is 0 Å². The molecular formula is C9H6BrClN2OS. The summed E-state index contributed by atoms with van der Waals surface area (Å²) in [5, 5.41) is 0. The second-order valence-corrected chi connectivity index (χ2v) is 5.51. The fourth-order valence-electron chi connectivity index (χ4n) is 1.15. The van der Waals surface area contributed by atoms with E-state index in [2.05, 4.69) is 20.9 Å². The van der Waals surface area contributed by atoms with Crippen molar-refractivity contribution < 1.29 is 0 Å². The van der Waals surface area contributed by atoms with Gasteiger partial charge in [0.1, 0.15) is 0 Å². The zero-order valence-corrected chi connectivity index (χ0v) is 10.6. The minimum atomic E-state index is -0.0391. The summed E-state index contributed by atoms with van der Waals surface area (Å²) in [5.74, 6) is 0. The Balaban J connectivity index is 2.31. The molecular weight excluding hydrogens is 300 g/mol. The average Bonchev–Trinajstić information content (AvgIpc) is 2.58. The summed E-state index contributed by atoms with van der Waals surface area (Å²) in [4.78, 5) is 16.4. The van der Waals surface area contributed by atoms with Crippen LogP contribution in [0.1, 0.15) is 4.88 Å². The summed E-state index contributed by atoms with van der Waals surface area (Å²) in [6.07, 6.45) is 3.43. The molecule has 3 nitrogen and oxygen atoms in total. The molecule has 2 rings (SSSR count). The van der Waals surface area contributed by atoms with E-state index >= 15 is 0 Å². The van der Waals surface area contributed by atoms with Crippen LogP contribution < -0.4 is 5.56 Å². The van der Waals surface area contributed by atoms with Gasteiger partial charge in [0.2, 0.25) is 0 Å². The maximum atomic E-state index is 11.5. The molecule has 0 radical (unpaired) electrons. The number of rotatable bonds is 2. The Bertz CT molecular complexity index is 537. The normalized spacial score (nSPS) is 10.5. The summed E-state index contributed by atoms with van der Waals surface area (Å²) in [6.45, 7) is 0.503. The number of hydrogen-bond acceptors (Lipinski definition) is 3. The summed E-state index contributed by atoms with van der Waals surface area (Å²) in [5.41, 5.74) is -0.0391. The third-order valence-electron chi connectivity index (χ3n) is 1.80. The van der Waals surface area contributed by atoms with Crippen molar-refractivity contribution in [3.63, 3.8) is 0 Å². The lowest BCUT2D eigenvalue weighted by molar-refractivity contribution is 0.765. The van der Waals surface area contributed by atoms with E-state index in [0.29, 0.717) is 11.0 Å².